The van der Waals surface area contributed by atoms with Crippen molar-refractivity contribution in [2.45, 2.75) is 45.3 Å². The molecule has 4 heteroatoms. The van der Waals surface area contributed by atoms with Gasteiger partial charge in [0.2, 0.25) is 0 Å². The van der Waals surface area contributed by atoms with Crippen molar-refractivity contribution < 1.29 is 9.53 Å². The first-order valence-corrected chi connectivity index (χ1v) is 7.21. The zero-order valence-electron chi connectivity index (χ0n) is 12.5. The van der Waals surface area contributed by atoms with Crippen LogP contribution in [0.2, 0.25) is 0 Å². The first-order chi connectivity index (χ1) is 9.46. The third-order valence-corrected chi connectivity index (χ3v) is 3.36. The Labute approximate surface area is 120 Å². The normalized spacial score (nSPS) is 18.2. The maximum absolute atomic E-state index is 11.6. The molecule has 20 heavy (non-hydrogen) atoms. The van der Waals surface area contributed by atoms with Gasteiger partial charge >= 0.3 is 6.09 Å². The Morgan fingerprint density at radius 2 is 2.15 bits per heavy atom. The molecule has 0 saturated carbocycles. The van der Waals surface area contributed by atoms with Gasteiger partial charge in [-0.1, -0.05) is 24.3 Å². The van der Waals surface area contributed by atoms with Crippen molar-refractivity contribution in [1.82, 2.24) is 10.6 Å². The van der Waals surface area contributed by atoms with Gasteiger partial charge in [0.05, 0.1) is 0 Å². The molecule has 2 N–H and O–H groups in total. The molecule has 0 aliphatic carbocycles. The summed E-state index contributed by atoms with van der Waals surface area (Å²) >= 11 is 0. The van der Waals surface area contributed by atoms with E-state index in [1.807, 2.05) is 20.8 Å². The number of alkyl carbamates (subject to hydrolysis) is 1. The molecule has 1 heterocycles. The van der Waals surface area contributed by atoms with Gasteiger partial charge in [-0.25, -0.2) is 4.79 Å². The minimum atomic E-state index is -0.441. The Kier molecular flexibility index (Phi) is 4.65. The summed E-state index contributed by atoms with van der Waals surface area (Å²) in [5, 5.41) is 6.25. The Morgan fingerprint density at radius 1 is 1.40 bits per heavy atom. The van der Waals surface area contributed by atoms with E-state index >= 15 is 0 Å². The molecule has 1 aromatic carbocycles. The van der Waals surface area contributed by atoms with Gasteiger partial charge in [-0.15, -0.1) is 0 Å². The fraction of sp³-hybridized carbons (Fsp3) is 0.562. The van der Waals surface area contributed by atoms with E-state index in [-0.39, 0.29) is 6.09 Å². The number of carbonyl (C=O) groups is 1. The van der Waals surface area contributed by atoms with Crippen LogP contribution >= 0.6 is 0 Å². The maximum Gasteiger partial charge on any atom is 0.407 e. The number of hydrogen-bond acceptors (Lipinski definition) is 3. The number of fused-ring (bicyclic) bond motifs is 1. The average Bonchev–Trinajstić information content (AvgIpc) is 2.37. The highest BCUT2D eigenvalue weighted by molar-refractivity contribution is 5.67. The van der Waals surface area contributed by atoms with Gasteiger partial charge in [-0.3, -0.25) is 0 Å². The number of ether oxygens (including phenoxy) is 1. The van der Waals surface area contributed by atoms with Crippen LogP contribution in [0.15, 0.2) is 24.3 Å². The smallest absolute Gasteiger partial charge is 0.407 e. The summed E-state index contributed by atoms with van der Waals surface area (Å²) < 4.78 is 5.23. The maximum atomic E-state index is 11.6. The van der Waals surface area contributed by atoms with Crippen LogP contribution in [0.25, 0.3) is 0 Å². The van der Waals surface area contributed by atoms with E-state index in [2.05, 4.69) is 34.9 Å². The molecule has 1 amide bonds. The summed E-state index contributed by atoms with van der Waals surface area (Å²) in [6.45, 7) is 8.14. The molecule has 1 atom stereocenters. The fourth-order valence-corrected chi connectivity index (χ4v) is 2.50. The second-order valence-corrected chi connectivity index (χ2v) is 6.24. The molecule has 110 valence electrons. The molecule has 0 saturated heterocycles. The molecule has 4 nitrogen and oxygen atoms in total. The van der Waals surface area contributed by atoms with Gasteiger partial charge in [-0.05, 0) is 44.2 Å². The molecule has 2 rings (SSSR count). The topological polar surface area (TPSA) is 50.4 Å². The minimum absolute atomic E-state index is 0.338. The SMILES string of the molecule is CC(C)(C)OC(=O)NCCC1CNCc2ccccc21. The van der Waals surface area contributed by atoms with Crippen molar-refractivity contribution in [2.75, 3.05) is 13.1 Å². The van der Waals surface area contributed by atoms with Crippen LogP contribution in [0.1, 0.15) is 44.2 Å². The molecule has 1 aromatic rings. The van der Waals surface area contributed by atoms with Crippen molar-refractivity contribution in [3.05, 3.63) is 35.4 Å². The van der Waals surface area contributed by atoms with Gasteiger partial charge in [-0.2, -0.15) is 0 Å². The Bertz CT molecular complexity index is 466. The zero-order valence-corrected chi connectivity index (χ0v) is 12.5. The van der Waals surface area contributed by atoms with E-state index < -0.39 is 5.60 Å². The zero-order chi connectivity index (χ0) is 14.6. The van der Waals surface area contributed by atoms with E-state index in [0.29, 0.717) is 12.5 Å². The minimum Gasteiger partial charge on any atom is -0.444 e. The van der Waals surface area contributed by atoms with Gasteiger partial charge in [0, 0.05) is 19.6 Å². The second-order valence-electron chi connectivity index (χ2n) is 6.24. The molecule has 0 spiro atoms. The average molecular weight is 276 g/mol. The van der Waals surface area contributed by atoms with Crippen molar-refractivity contribution in [3.63, 3.8) is 0 Å². The molecule has 1 unspecified atom stereocenters. The summed E-state index contributed by atoms with van der Waals surface area (Å²) in [5.41, 5.74) is 2.32. The van der Waals surface area contributed by atoms with Gasteiger partial charge < -0.3 is 15.4 Å². The Hall–Kier alpha value is -1.55. The molecule has 0 fully saturated rings. The molecular weight excluding hydrogens is 252 g/mol. The summed E-state index contributed by atoms with van der Waals surface area (Å²) in [4.78, 5) is 11.6. The lowest BCUT2D eigenvalue weighted by Gasteiger charge is -2.26. The highest BCUT2D eigenvalue weighted by Crippen LogP contribution is 2.25. The number of benzene rings is 1. The van der Waals surface area contributed by atoms with Crippen LogP contribution in [-0.2, 0) is 11.3 Å². The molecule has 0 aromatic heterocycles. The summed E-state index contributed by atoms with van der Waals surface area (Å²) in [6, 6.07) is 8.50. The van der Waals surface area contributed by atoms with Gasteiger partial charge in [0.1, 0.15) is 5.60 Å². The van der Waals surface area contributed by atoms with Gasteiger partial charge in [0.25, 0.3) is 0 Å². The first kappa shape index (κ1) is 14.9. The number of hydrogen-bond donors (Lipinski definition) is 2. The molecule has 0 radical (unpaired) electrons. The molecule has 1 aliphatic rings. The van der Waals surface area contributed by atoms with Crippen LogP contribution in [-0.4, -0.2) is 24.8 Å². The first-order valence-electron chi connectivity index (χ1n) is 7.21. The second kappa shape index (κ2) is 6.27. The van der Waals surface area contributed by atoms with Crippen LogP contribution < -0.4 is 10.6 Å². The van der Waals surface area contributed by atoms with E-state index in [0.717, 1.165) is 19.5 Å². The number of rotatable bonds is 3. The Morgan fingerprint density at radius 3 is 2.90 bits per heavy atom. The monoisotopic (exact) mass is 276 g/mol. The van der Waals surface area contributed by atoms with Crippen LogP contribution in [0.3, 0.4) is 0 Å². The number of amides is 1. The lowest BCUT2D eigenvalue weighted by molar-refractivity contribution is 0.0526. The highest BCUT2D eigenvalue weighted by Gasteiger charge is 2.20. The third kappa shape index (κ3) is 4.23. The van der Waals surface area contributed by atoms with E-state index in [9.17, 15) is 4.79 Å². The summed E-state index contributed by atoms with van der Waals surface area (Å²) in [6.07, 6.45) is 0.582. The van der Waals surface area contributed by atoms with E-state index in [1.54, 1.807) is 0 Å². The molecule has 1 aliphatic heterocycles. The lowest BCUT2D eigenvalue weighted by Crippen LogP contribution is -2.35. The fourth-order valence-electron chi connectivity index (χ4n) is 2.50. The van der Waals surface area contributed by atoms with Crippen molar-refractivity contribution in [1.29, 1.82) is 0 Å². The predicted molar refractivity (Wildman–Crippen MR) is 79.7 cm³/mol. The van der Waals surface area contributed by atoms with Crippen LogP contribution in [0, 0.1) is 0 Å². The van der Waals surface area contributed by atoms with Crippen molar-refractivity contribution in [2.24, 2.45) is 0 Å². The largest absolute Gasteiger partial charge is 0.444 e. The lowest BCUT2D eigenvalue weighted by atomic mass is 9.88. The Balaban J connectivity index is 1.82. The van der Waals surface area contributed by atoms with E-state index in [1.165, 1.54) is 11.1 Å². The molecule has 0 bridgehead atoms. The summed E-state index contributed by atoms with van der Waals surface area (Å²) in [5.74, 6) is 0.454. The third-order valence-electron chi connectivity index (χ3n) is 3.36. The highest BCUT2D eigenvalue weighted by atomic mass is 16.6. The number of nitrogens with one attached hydrogen (secondary N) is 2. The number of carbonyl (C=O) groups excluding carboxylic acids is 1. The van der Waals surface area contributed by atoms with E-state index in [4.69, 9.17) is 4.74 Å². The van der Waals surface area contributed by atoms with Crippen molar-refractivity contribution in [3.8, 4) is 0 Å². The summed E-state index contributed by atoms with van der Waals surface area (Å²) in [7, 11) is 0. The standard InChI is InChI=1S/C16H24N2O2/c1-16(2,3)20-15(19)18-9-8-13-11-17-10-12-6-4-5-7-14(12)13/h4-7,13,17H,8-11H2,1-3H3,(H,18,19). The molecular formula is C16H24N2O2. The van der Waals surface area contributed by atoms with Crippen molar-refractivity contribution >= 4 is 6.09 Å². The van der Waals surface area contributed by atoms with Gasteiger partial charge in [0.15, 0.2) is 0 Å². The van der Waals surface area contributed by atoms with Crippen LogP contribution in [0.4, 0.5) is 4.79 Å². The predicted octanol–water partition coefficient (Wildman–Crippen LogP) is 2.79. The van der Waals surface area contributed by atoms with Crippen LogP contribution in [0.5, 0.6) is 0 Å². The quantitative estimate of drug-likeness (QED) is 0.892.